The molecule has 0 amide bonds. The highest BCUT2D eigenvalue weighted by atomic mass is 15.0. The van der Waals surface area contributed by atoms with E-state index in [0.29, 0.717) is 5.41 Å². The molecule has 2 rings (SSSR count). The number of benzene rings is 1. The molecule has 0 atom stereocenters. The Kier molecular flexibility index (Phi) is 2.83. The maximum absolute atomic E-state index is 3.40. The van der Waals surface area contributed by atoms with Crippen LogP contribution in [-0.2, 0) is 6.42 Å². The minimum absolute atomic E-state index is 0.542. The highest BCUT2D eigenvalue weighted by Crippen LogP contribution is 2.31. The van der Waals surface area contributed by atoms with E-state index in [0.717, 1.165) is 0 Å². The molecule has 1 heterocycles. The molecule has 1 N–H and O–H groups in total. The Hall–Kier alpha value is -0.820. The average Bonchev–Trinajstić information content (AvgIpc) is 2.10. The highest BCUT2D eigenvalue weighted by Gasteiger charge is 2.34. The van der Waals surface area contributed by atoms with Crippen LogP contribution in [-0.4, -0.2) is 13.1 Å². The van der Waals surface area contributed by atoms with Crippen LogP contribution in [0.5, 0.6) is 0 Å². The molecule has 1 aromatic rings. The van der Waals surface area contributed by atoms with E-state index in [1.807, 2.05) is 0 Å². The fraction of sp³-hybridized carbons (Fsp3) is 0.571. The van der Waals surface area contributed by atoms with Crippen LogP contribution >= 0.6 is 0 Å². The molecule has 0 unspecified atom stereocenters. The van der Waals surface area contributed by atoms with E-state index in [1.54, 1.807) is 0 Å². The molecular weight excluding hydrogens is 182 g/mol. The van der Waals surface area contributed by atoms with E-state index in [9.17, 15) is 0 Å². The first kappa shape index (κ1) is 10.7. The van der Waals surface area contributed by atoms with Gasteiger partial charge in [0.25, 0.3) is 0 Å². The summed E-state index contributed by atoms with van der Waals surface area (Å²) in [6.07, 6.45) is 2.52. The Morgan fingerprint density at radius 2 is 1.73 bits per heavy atom. The molecule has 1 nitrogen and oxygen atoms in total. The first-order valence-corrected chi connectivity index (χ1v) is 5.91. The van der Waals surface area contributed by atoms with Crippen molar-refractivity contribution in [3.63, 3.8) is 0 Å². The highest BCUT2D eigenvalue weighted by molar-refractivity contribution is 5.29. The van der Waals surface area contributed by atoms with Crippen LogP contribution in [0.15, 0.2) is 18.2 Å². The lowest BCUT2D eigenvalue weighted by Gasteiger charge is -2.42. The molecule has 1 heteroatoms. The third kappa shape index (κ3) is 2.23. The minimum Gasteiger partial charge on any atom is -0.316 e. The molecule has 82 valence electrons. The van der Waals surface area contributed by atoms with E-state index in [2.05, 4.69) is 44.3 Å². The van der Waals surface area contributed by atoms with Gasteiger partial charge in [-0.25, -0.2) is 0 Å². The maximum Gasteiger partial charge on any atom is 0.00233 e. The number of hydrogen-bond acceptors (Lipinski definition) is 1. The zero-order valence-corrected chi connectivity index (χ0v) is 10.1. The molecule has 1 aliphatic heterocycles. The van der Waals surface area contributed by atoms with Gasteiger partial charge in [-0.05, 0) is 37.7 Å². The van der Waals surface area contributed by atoms with Crippen LogP contribution in [0.2, 0.25) is 0 Å². The summed E-state index contributed by atoms with van der Waals surface area (Å²) in [7, 11) is 0. The van der Waals surface area contributed by atoms with E-state index in [1.165, 1.54) is 42.6 Å². The third-order valence-electron chi connectivity index (χ3n) is 3.61. The number of nitrogens with one attached hydrogen (secondary N) is 1. The molecule has 0 spiro atoms. The summed E-state index contributed by atoms with van der Waals surface area (Å²) < 4.78 is 0. The molecule has 0 bridgehead atoms. The molecule has 1 aromatic carbocycles. The molecular formula is C14H21N. The van der Waals surface area contributed by atoms with Crippen molar-refractivity contribution in [3.05, 3.63) is 34.9 Å². The van der Waals surface area contributed by atoms with Crippen molar-refractivity contribution < 1.29 is 0 Å². The Bertz CT molecular complexity index is 325. The molecule has 1 saturated heterocycles. The van der Waals surface area contributed by atoms with Gasteiger partial charge in [0.05, 0.1) is 0 Å². The fourth-order valence-electron chi connectivity index (χ4n) is 2.58. The van der Waals surface area contributed by atoms with Crippen molar-refractivity contribution in [1.82, 2.24) is 5.32 Å². The van der Waals surface area contributed by atoms with Crippen LogP contribution in [0.3, 0.4) is 0 Å². The zero-order chi connectivity index (χ0) is 10.9. The molecule has 0 aliphatic carbocycles. The van der Waals surface area contributed by atoms with Gasteiger partial charge in [-0.15, -0.1) is 0 Å². The van der Waals surface area contributed by atoms with Gasteiger partial charge in [0, 0.05) is 13.1 Å². The van der Waals surface area contributed by atoms with Crippen LogP contribution in [0.4, 0.5) is 0 Å². The second kappa shape index (κ2) is 3.97. The lowest BCUT2D eigenvalue weighted by Crippen LogP contribution is -2.54. The van der Waals surface area contributed by atoms with Gasteiger partial charge in [-0.3, -0.25) is 0 Å². The van der Waals surface area contributed by atoms with Gasteiger partial charge in [0.15, 0.2) is 0 Å². The van der Waals surface area contributed by atoms with Crippen LogP contribution in [0.1, 0.15) is 30.0 Å². The SMILES string of the molecule is CCC1(Cc2cc(C)cc(C)c2)CNC1. The Balaban J connectivity index is 2.16. The number of aryl methyl sites for hydroxylation is 2. The second-order valence-corrected chi connectivity index (χ2v) is 5.13. The van der Waals surface area contributed by atoms with Gasteiger partial charge in [-0.1, -0.05) is 36.2 Å². The molecule has 1 fully saturated rings. The Morgan fingerprint density at radius 3 is 2.13 bits per heavy atom. The van der Waals surface area contributed by atoms with Gasteiger partial charge < -0.3 is 5.32 Å². The average molecular weight is 203 g/mol. The topological polar surface area (TPSA) is 12.0 Å². The van der Waals surface area contributed by atoms with Crippen molar-refractivity contribution in [2.45, 2.75) is 33.6 Å². The molecule has 15 heavy (non-hydrogen) atoms. The Labute approximate surface area is 92.9 Å². The summed E-state index contributed by atoms with van der Waals surface area (Å²) in [4.78, 5) is 0. The lowest BCUT2D eigenvalue weighted by molar-refractivity contribution is 0.160. The summed E-state index contributed by atoms with van der Waals surface area (Å²) in [5, 5.41) is 3.40. The first-order chi connectivity index (χ1) is 7.13. The smallest absolute Gasteiger partial charge is 0.00233 e. The number of rotatable bonds is 3. The van der Waals surface area contributed by atoms with Crippen molar-refractivity contribution in [1.29, 1.82) is 0 Å². The predicted octanol–water partition coefficient (Wildman–Crippen LogP) is 2.85. The van der Waals surface area contributed by atoms with Crippen molar-refractivity contribution >= 4 is 0 Å². The van der Waals surface area contributed by atoms with Crippen molar-refractivity contribution in [3.8, 4) is 0 Å². The first-order valence-electron chi connectivity index (χ1n) is 5.91. The largest absolute Gasteiger partial charge is 0.316 e. The number of hydrogen-bond donors (Lipinski definition) is 1. The quantitative estimate of drug-likeness (QED) is 0.796. The van der Waals surface area contributed by atoms with Gasteiger partial charge in [0.2, 0.25) is 0 Å². The van der Waals surface area contributed by atoms with Crippen LogP contribution < -0.4 is 5.32 Å². The Morgan fingerprint density at radius 1 is 1.13 bits per heavy atom. The summed E-state index contributed by atoms with van der Waals surface area (Å²) in [5.74, 6) is 0. The fourth-order valence-corrected chi connectivity index (χ4v) is 2.58. The van der Waals surface area contributed by atoms with Crippen molar-refractivity contribution in [2.75, 3.05) is 13.1 Å². The predicted molar refractivity (Wildman–Crippen MR) is 65.2 cm³/mol. The van der Waals surface area contributed by atoms with Gasteiger partial charge in [0.1, 0.15) is 0 Å². The normalized spacial score (nSPS) is 18.6. The summed E-state index contributed by atoms with van der Waals surface area (Å²) >= 11 is 0. The maximum atomic E-state index is 3.40. The summed E-state index contributed by atoms with van der Waals surface area (Å²) in [6, 6.07) is 6.92. The van der Waals surface area contributed by atoms with E-state index in [-0.39, 0.29) is 0 Å². The van der Waals surface area contributed by atoms with E-state index < -0.39 is 0 Å². The van der Waals surface area contributed by atoms with Crippen LogP contribution in [0.25, 0.3) is 0 Å². The second-order valence-electron chi connectivity index (χ2n) is 5.13. The lowest BCUT2D eigenvalue weighted by atomic mass is 9.74. The van der Waals surface area contributed by atoms with E-state index >= 15 is 0 Å². The van der Waals surface area contributed by atoms with Gasteiger partial charge >= 0.3 is 0 Å². The summed E-state index contributed by atoms with van der Waals surface area (Å²) in [6.45, 7) is 9.07. The molecule has 0 saturated carbocycles. The van der Waals surface area contributed by atoms with Gasteiger partial charge in [-0.2, -0.15) is 0 Å². The molecule has 0 radical (unpaired) electrons. The van der Waals surface area contributed by atoms with Crippen LogP contribution in [0, 0.1) is 19.3 Å². The third-order valence-corrected chi connectivity index (χ3v) is 3.61. The minimum atomic E-state index is 0.542. The zero-order valence-electron chi connectivity index (χ0n) is 10.1. The van der Waals surface area contributed by atoms with Crippen molar-refractivity contribution in [2.24, 2.45) is 5.41 Å². The standard InChI is InChI=1S/C14H21N/c1-4-14(9-15-10-14)8-13-6-11(2)5-12(3)7-13/h5-7,15H,4,8-10H2,1-3H3. The monoisotopic (exact) mass is 203 g/mol. The summed E-state index contributed by atoms with van der Waals surface area (Å²) in [5.41, 5.74) is 4.84. The van der Waals surface area contributed by atoms with E-state index in [4.69, 9.17) is 0 Å². The molecule has 1 aliphatic rings. The molecule has 0 aromatic heterocycles.